The molecule has 2 aromatic rings. The van der Waals surface area contributed by atoms with Gasteiger partial charge in [-0.1, -0.05) is 0 Å². The van der Waals surface area contributed by atoms with Gasteiger partial charge in [0.1, 0.15) is 0 Å². The second kappa shape index (κ2) is 6.46. The van der Waals surface area contributed by atoms with Gasteiger partial charge in [0.2, 0.25) is 5.92 Å². The fourth-order valence-corrected chi connectivity index (χ4v) is 3.73. The molecule has 1 saturated carbocycles. The predicted octanol–water partition coefficient (Wildman–Crippen LogP) is 2.08. The van der Waals surface area contributed by atoms with Gasteiger partial charge in [0.15, 0.2) is 5.65 Å². The Morgan fingerprint density at radius 1 is 1.38 bits per heavy atom. The predicted molar refractivity (Wildman–Crippen MR) is 90.6 cm³/mol. The maximum absolute atomic E-state index is 13.3. The number of carbonyl (C=O) groups is 1. The molecule has 140 valence electrons. The zero-order valence-electron chi connectivity index (χ0n) is 14.4. The third kappa shape index (κ3) is 3.35. The van der Waals surface area contributed by atoms with Gasteiger partial charge in [-0.15, -0.1) is 0 Å². The molecule has 1 aliphatic heterocycles. The van der Waals surface area contributed by atoms with Crippen molar-refractivity contribution in [3.63, 3.8) is 0 Å². The number of hydrogen-bond acceptors (Lipinski definition) is 4. The molecule has 2 amide bonds. The summed E-state index contributed by atoms with van der Waals surface area (Å²) in [5.41, 5.74) is 8.50. The van der Waals surface area contributed by atoms with Gasteiger partial charge < -0.3 is 16.0 Å². The van der Waals surface area contributed by atoms with Crippen LogP contribution in [0.2, 0.25) is 0 Å². The van der Waals surface area contributed by atoms with E-state index in [1.807, 2.05) is 6.07 Å². The lowest BCUT2D eigenvalue weighted by Crippen LogP contribution is -2.31. The SMILES string of the molecule is NC(c1cn2ncc(CN3CCNC3=O)cc2n1)C1CCC(F)(F)CC1. The van der Waals surface area contributed by atoms with E-state index in [2.05, 4.69) is 15.4 Å². The number of alkyl halides is 2. The second-order valence-corrected chi connectivity index (χ2v) is 7.21. The van der Waals surface area contributed by atoms with Crippen LogP contribution in [-0.4, -0.2) is 44.5 Å². The highest BCUT2D eigenvalue weighted by Crippen LogP contribution is 2.40. The van der Waals surface area contributed by atoms with Crippen molar-refractivity contribution in [2.24, 2.45) is 11.7 Å². The first-order valence-electron chi connectivity index (χ1n) is 8.92. The second-order valence-electron chi connectivity index (χ2n) is 7.21. The largest absolute Gasteiger partial charge is 0.336 e. The van der Waals surface area contributed by atoms with Gasteiger partial charge in [-0.05, 0) is 30.4 Å². The minimum Gasteiger partial charge on any atom is -0.336 e. The number of nitrogens with one attached hydrogen (secondary N) is 1. The normalized spacial score (nSPS) is 22.0. The Morgan fingerprint density at radius 3 is 2.85 bits per heavy atom. The molecule has 1 unspecified atom stereocenters. The fraction of sp³-hybridized carbons (Fsp3) is 0.588. The van der Waals surface area contributed by atoms with Gasteiger partial charge in [0.05, 0.1) is 24.1 Å². The Kier molecular flexibility index (Phi) is 4.26. The number of nitrogens with two attached hydrogens (primary N) is 1. The monoisotopic (exact) mass is 364 g/mol. The van der Waals surface area contributed by atoms with E-state index in [4.69, 9.17) is 5.73 Å². The Morgan fingerprint density at radius 2 is 2.15 bits per heavy atom. The molecule has 3 N–H and O–H groups in total. The maximum Gasteiger partial charge on any atom is 0.317 e. The minimum absolute atomic E-state index is 0.00676. The Hall–Kier alpha value is -2.29. The van der Waals surface area contributed by atoms with E-state index in [0.29, 0.717) is 43.8 Å². The number of imidazole rings is 1. The first-order chi connectivity index (χ1) is 12.4. The van der Waals surface area contributed by atoms with Crippen molar-refractivity contribution in [2.75, 3.05) is 13.1 Å². The van der Waals surface area contributed by atoms with Crippen LogP contribution in [0.25, 0.3) is 5.65 Å². The van der Waals surface area contributed by atoms with Gasteiger partial charge in [-0.25, -0.2) is 23.1 Å². The number of amides is 2. The molecule has 9 heteroatoms. The van der Waals surface area contributed by atoms with E-state index in [1.165, 1.54) is 0 Å². The van der Waals surface area contributed by atoms with Crippen molar-refractivity contribution < 1.29 is 13.6 Å². The van der Waals surface area contributed by atoms with Crippen LogP contribution in [0.4, 0.5) is 13.6 Å². The van der Waals surface area contributed by atoms with Crippen molar-refractivity contribution in [3.05, 3.63) is 29.7 Å². The van der Waals surface area contributed by atoms with Crippen LogP contribution in [0.15, 0.2) is 18.5 Å². The van der Waals surface area contributed by atoms with Crippen LogP contribution in [0.5, 0.6) is 0 Å². The third-order valence-corrected chi connectivity index (χ3v) is 5.33. The summed E-state index contributed by atoms with van der Waals surface area (Å²) in [5, 5.41) is 7.10. The molecule has 7 nitrogen and oxygen atoms in total. The highest BCUT2D eigenvalue weighted by molar-refractivity contribution is 5.76. The van der Waals surface area contributed by atoms with Crippen LogP contribution in [0.3, 0.4) is 0 Å². The average molecular weight is 364 g/mol. The van der Waals surface area contributed by atoms with Crippen molar-refractivity contribution in [1.82, 2.24) is 24.8 Å². The summed E-state index contributed by atoms with van der Waals surface area (Å²) in [6.07, 6.45) is 4.06. The van der Waals surface area contributed by atoms with Gasteiger partial charge in [-0.2, -0.15) is 5.10 Å². The summed E-state index contributed by atoms with van der Waals surface area (Å²) in [7, 11) is 0. The summed E-state index contributed by atoms with van der Waals surface area (Å²) in [6.45, 7) is 1.79. The smallest absolute Gasteiger partial charge is 0.317 e. The molecule has 0 aromatic carbocycles. The summed E-state index contributed by atoms with van der Waals surface area (Å²) < 4.78 is 28.3. The Labute approximate surface area is 149 Å². The molecule has 2 fully saturated rings. The summed E-state index contributed by atoms with van der Waals surface area (Å²) in [6, 6.07) is 1.43. The van der Waals surface area contributed by atoms with E-state index in [-0.39, 0.29) is 30.8 Å². The highest BCUT2D eigenvalue weighted by atomic mass is 19.3. The molecular formula is C17H22F2N6O. The van der Waals surface area contributed by atoms with Gasteiger partial charge in [0.25, 0.3) is 0 Å². The van der Waals surface area contributed by atoms with Crippen molar-refractivity contribution in [2.45, 2.75) is 44.2 Å². The van der Waals surface area contributed by atoms with Crippen LogP contribution >= 0.6 is 0 Å². The topological polar surface area (TPSA) is 88.5 Å². The molecule has 1 aliphatic carbocycles. The zero-order chi connectivity index (χ0) is 18.3. The molecule has 1 saturated heterocycles. The van der Waals surface area contributed by atoms with Gasteiger partial charge >= 0.3 is 6.03 Å². The maximum atomic E-state index is 13.3. The number of hydrogen-bond donors (Lipinski definition) is 2. The molecule has 2 aliphatic rings. The average Bonchev–Trinajstić information content (AvgIpc) is 3.20. The standard InChI is InChI=1S/C17H22F2N6O/c18-17(19)3-1-12(2-4-17)15(20)13-10-25-14(23-13)7-11(8-22-25)9-24-6-5-21-16(24)26/h7-8,10,12,15H,1-6,9,20H2,(H,21,26). The van der Waals surface area contributed by atoms with Crippen LogP contribution < -0.4 is 11.1 Å². The molecule has 0 spiro atoms. The number of nitrogens with zero attached hydrogens (tertiary/aromatic N) is 4. The van der Waals surface area contributed by atoms with Crippen LogP contribution in [0, 0.1) is 5.92 Å². The van der Waals surface area contributed by atoms with Gasteiger partial charge in [-0.3, -0.25) is 0 Å². The molecule has 0 radical (unpaired) electrons. The zero-order valence-corrected chi connectivity index (χ0v) is 14.4. The molecule has 3 heterocycles. The molecular weight excluding hydrogens is 342 g/mol. The summed E-state index contributed by atoms with van der Waals surface area (Å²) >= 11 is 0. The minimum atomic E-state index is -2.56. The highest BCUT2D eigenvalue weighted by Gasteiger charge is 2.37. The molecule has 26 heavy (non-hydrogen) atoms. The van der Waals surface area contributed by atoms with E-state index in [1.54, 1.807) is 21.8 Å². The number of carbonyl (C=O) groups excluding carboxylic acids is 1. The summed E-state index contributed by atoms with van der Waals surface area (Å²) in [5.74, 6) is -2.56. The first kappa shape index (κ1) is 17.1. The quantitative estimate of drug-likeness (QED) is 0.869. The van der Waals surface area contributed by atoms with Crippen LogP contribution in [-0.2, 0) is 6.54 Å². The van der Waals surface area contributed by atoms with Gasteiger partial charge in [0, 0.05) is 32.5 Å². The lowest BCUT2D eigenvalue weighted by atomic mass is 9.81. The van der Waals surface area contributed by atoms with E-state index < -0.39 is 5.92 Å². The molecule has 0 bridgehead atoms. The molecule has 2 aromatic heterocycles. The van der Waals surface area contributed by atoms with Crippen molar-refractivity contribution in [1.29, 1.82) is 0 Å². The number of aromatic nitrogens is 3. The lowest BCUT2D eigenvalue weighted by molar-refractivity contribution is -0.0484. The molecule has 4 rings (SSSR count). The Balaban J connectivity index is 1.49. The molecule has 1 atom stereocenters. The fourth-order valence-electron chi connectivity index (χ4n) is 3.73. The van der Waals surface area contributed by atoms with Crippen molar-refractivity contribution >= 4 is 11.7 Å². The Bertz CT molecular complexity index is 813. The van der Waals surface area contributed by atoms with Crippen LogP contribution in [0.1, 0.15) is 43.0 Å². The van der Waals surface area contributed by atoms with E-state index in [0.717, 1.165) is 5.56 Å². The third-order valence-electron chi connectivity index (χ3n) is 5.33. The van der Waals surface area contributed by atoms with E-state index >= 15 is 0 Å². The lowest BCUT2D eigenvalue weighted by Gasteiger charge is -2.31. The van der Waals surface area contributed by atoms with Crippen molar-refractivity contribution in [3.8, 4) is 0 Å². The van der Waals surface area contributed by atoms with E-state index in [9.17, 15) is 13.6 Å². The summed E-state index contributed by atoms with van der Waals surface area (Å²) in [4.78, 5) is 17.9. The number of fused-ring (bicyclic) bond motifs is 1. The number of halogens is 2. The number of urea groups is 1. The first-order valence-corrected chi connectivity index (χ1v) is 8.92. The number of rotatable bonds is 4.